The van der Waals surface area contributed by atoms with E-state index in [2.05, 4.69) is 9.97 Å². The SMILES string of the molecule is CCC1(Cn2c(=O)c3cncnc3n(C)c2=O)COC1. The van der Waals surface area contributed by atoms with Gasteiger partial charge in [0, 0.05) is 25.2 Å². The van der Waals surface area contributed by atoms with Gasteiger partial charge in [0.25, 0.3) is 5.56 Å². The maximum absolute atomic E-state index is 12.5. The number of fused-ring (bicyclic) bond motifs is 1. The van der Waals surface area contributed by atoms with Gasteiger partial charge in [0.05, 0.1) is 13.2 Å². The van der Waals surface area contributed by atoms with Crippen molar-refractivity contribution in [2.45, 2.75) is 19.9 Å². The van der Waals surface area contributed by atoms with Crippen molar-refractivity contribution in [2.75, 3.05) is 13.2 Å². The number of hydrogen-bond donors (Lipinski definition) is 0. The van der Waals surface area contributed by atoms with Gasteiger partial charge < -0.3 is 4.74 Å². The number of aromatic nitrogens is 4. The van der Waals surface area contributed by atoms with Gasteiger partial charge in [0.15, 0.2) is 5.65 Å². The topological polar surface area (TPSA) is 79.0 Å². The third kappa shape index (κ3) is 1.77. The molecule has 1 fully saturated rings. The molecule has 0 spiro atoms. The van der Waals surface area contributed by atoms with E-state index in [0.29, 0.717) is 30.8 Å². The summed E-state index contributed by atoms with van der Waals surface area (Å²) in [4.78, 5) is 32.7. The van der Waals surface area contributed by atoms with Crippen LogP contribution in [0.4, 0.5) is 0 Å². The quantitative estimate of drug-likeness (QED) is 0.783. The van der Waals surface area contributed by atoms with E-state index in [1.807, 2.05) is 6.92 Å². The number of rotatable bonds is 3. The van der Waals surface area contributed by atoms with Gasteiger partial charge in [0.1, 0.15) is 11.7 Å². The first-order valence-corrected chi connectivity index (χ1v) is 6.55. The highest BCUT2D eigenvalue weighted by atomic mass is 16.5. The van der Waals surface area contributed by atoms with E-state index >= 15 is 0 Å². The van der Waals surface area contributed by atoms with Gasteiger partial charge >= 0.3 is 5.69 Å². The molecule has 7 nitrogen and oxygen atoms in total. The molecule has 0 aromatic carbocycles. The summed E-state index contributed by atoms with van der Waals surface area (Å²) in [5.41, 5.74) is -0.426. The smallest absolute Gasteiger partial charge is 0.332 e. The Bertz CT molecular complexity index is 768. The molecular weight excluding hydrogens is 260 g/mol. The van der Waals surface area contributed by atoms with Crippen molar-refractivity contribution in [1.82, 2.24) is 19.1 Å². The van der Waals surface area contributed by atoms with Crippen LogP contribution in [0.2, 0.25) is 0 Å². The van der Waals surface area contributed by atoms with Crippen LogP contribution in [0.1, 0.15) is 13.3 Å². The standard InChI is InChI=1S/C13H16N4O3/c1-3-13(6-20-7-13)5-17-11(18)9-4-14-8-15-10(9)16(2)12(17)19/h4,8H,3,5-7H2,1-2H3. The van der Waals surface area contributed by atoms with Gasteiger partial charge in [-0.05, 0) is 6.42 Å². The molecule has 0 radical (unpaired) electrons. The number of hydrogen-bond acceptors (Lipinski definition) is 5. The van der Waals surface area contributed by atoms with Crippen molar-refractivity contribution in [3.8, 4) is 0 Å². The Kier molecular flexibility index (Phi) is 2.93. The Morgan fingerprint density at radius 2 is 2.15 bits per heavy atom. The first-order valence-electron chi connectivity index (χ1n) is 6.55. The highest BCUT2D eigenvalue weighted by Gasteiger charge is 2.38. The van der Waals surface area contributed by atoms with Crippen LogP contribution in [0.5, 0.6) is 0 Å². The van der Waals surface area contributed by atoms with Crippen LogP contribution in [0.3, 0.4) is 0 Å². The van der Waals surface area contributed by atoms with Crippen molar-refractivity contribution in [3.63, 3.8) is 0 Å². The lowest BCUT2D eigenvalue weighted by Crippen LogP contribution is -2.51. The average molecular weight is 276 g/mol. The summed E-state index contributed by atoms with van der Waals surface area (Å²) in [6.07, 6.45) is 3.65. The van der Waals surface area contributed by atoms with Crippen LogP contribution < -0.4 is 11.2 Å². The van der Waals surface area contributed by atoms with Gasteiger partial charge in [-0.1, -0.05) is 6.92 Å². The first-order chi connectivity index (χ1) is 9.58. The number of aryl methyl sites for hydroxylation is 1. The summed E-state index contributed by atoms with van der Waals surface area (Å²) < 4.78 is 7.92. The second-order valence-corrected chi connectivity index (χ2v) is 5.34. The molecule has 0 atom stereocenters. The molecule has 2 aromatic heterocycles. The molecule has 0 N–H and O–H groups in total. The minimum absolute atomic E-state index is 0.112. The maximum Gasteiger partial charge on any atom is 0.332 e. The molecule has 0 amide bonds. The van der Waals surface area contributed by atoms with Gasteiger partial charge in [-0.2, -0.15) is 0 Å². The van der Waals surface area contributed by atoms with Gasteiger partial charge in [0.2, 0.25) is 0 Å². The minimum Gasteiger partial charge on any atom is -0.380 e. The van der Waals surface area contributed by atoms with Crippen LogP contribution in [-0.2, 0) is 18.3 Å². The van der Waals surface area contributed by atoms with Crippen LogP contribution >= 0.6 is 0 Å². The Labute approximate surface area is 114 Å². The zero-order chi connectivity index (χ0) is 14.3. The molecule has 0 aliphatic carbocycles. The lowest BCUT2D eigenvalue weighted by molar-refractivity contribution is -0.124. The van der Waals surface area contributed by atoms with Crippen molar-refractivity contribution >= 4 is 11.0 Å². The molecule has 7 heteroatoms. The summed E-state index contributed by atoms with van der Waals surface area (Å²) in [6, 6.07) is 0. The third-order valence-corrected chi connectivity index (χ3v) is 4.06. The zero-order valence-corrected chi connectivity index (χ0v) is 11.5. The van der Waals surface area contributed by atoms with E-state index in [4.69, 9.17) is 4.74 Å². The van der Waals surface area contributed by atoms with E-state index in [1.54, 1.807) is 7.05 Å². The molecule has 20 heavy (non-hydrogen) atoms. The van der Waals surface area contributed by atoms with E-state index in [1.165, 1.54) is 21.7 Å². The molecule has 0 saturated carbocycles. The molecular formula is C13H16N4O3. The molecule has 1 aliphatic rings. The molecule has 0 bridgehead atoms. The number of ether oxygens (including phenoxy) is 1. The molecule has 0 unspecified atom stereocenters. The van der Waals surface area contributed by atoms with Gasteiger partial charge in [-0.3, -0.25) is 13.9 Å². The van der Waals surface area contributed by atoms with Crippen LogP contribution in [-0.4, -0.2) is 32.3 Å². The summed E-state index contributed by atoms with van der Waals surface area (Å²) in [6.45, 7) is 3.59. The van der Waals surface area contributed by atoms with E-state index in [0.717, 1.165) is 6.42 Å². The summed E-state index contributed by atoms with van der Waals surface area (Å²) in [5, 5.41) is 0.362. The predicted molar refractivity (Wildman–Crippen MR) is 72.6 cm³/mol. The van der Waals surface area contributed by atoms with Crippen molar-refractivity contribution < 1.29 is 4.74 Å². The monoisotopic (exact) mass is 276 g/mol. The Balaban J connectivity index is 2.21. The van der Waals surface area contributed by atoms with E-state index in [9.17, 15) is 9.59 Å². The molecule has 1 saturated heterocycles. The Hall–Kier alpha value is -2.02. The molecule has 106 valence electrons. The van der Waals surface area contributed by atoms with Gasteiger partial charge in [-0.15, -0.1) is 0 Å². The second-order valence-electron chi connectivity index (χ2n) is 5.34. The summed E-state index contributed by atoms with van der Waals surface area (Å²) in [5.74, 6) is 0. The zero-order valence-electron chi connectivity index (χ0n) is 11.5. The fraction of sp³-hybridized carbons (Fsp3) is 0.538. The molecule has 1 aliphatic heterocycles. The number of nitrogens with zero attached hydrogens (tertiary/aromatic N) is 4. The second kappa shape index (κ2) is 4.52. The van der Waals surface area contributed by atoms with Crippen LogP contribution in [0, 0.1) is 5.41 Å². The van der Waals surface area contributed by atoms with Crippen molar-refractivity contribution in [3.05, 3.63) is 33.4 Å². The van der Waals surface area contributed by atoms with Crippen molar-refractivity contribution in [2.24, 2.45) is 12.5 Å². The largest absolute Gasteiger partial charge is 0.380 e. The lowest BCUT2D eigenvalue weighted by atomic mass is 9.83. The summed E-state index contributed by atoms with van der Waals surface area (Å²) in [7, 11) is 1.61. The predicted octanol–water partition coefficient (Wildman–Crippen LogP) is -0.0832. The fourth-order valence-corrected chi connectivity index (χ4v) is 2.52. The highest BCUT2D eigenvalue weighted by molar-refractivity contribution is 5.72. The van der Waals surface area contributed by atoms with E-state index < -0.39 is 0 Å². The normalized spacial score (nSPS) is 17.1. The fourth-order valence-electron chi connectivity index (χ4n) is 2.52. The molecule has 3 heterocycles. The highest BCUT2D eigenvalue weighted by Crippen LogP contribution is 2.32. The first kappa shape index (κ1) is 13.0. The van der Waals surface area contributed by atoms with Crippen LogP contribution in [0.15, 0.2) is 22.1 Å². The molecule has 2 aromatic rings. The lowest BCUT2D eigenvalue weighted by Gasteiger charge is -2.40. The van der Waals surface area contributed by atoms with Crippen LogP contribution in [0.25, 0.3) is 11.0 Å². The van der Waals surface area contributed by atoms with E-state index in [-0.39, 0.29) is 16.7 Å². The van der Waals surface area contributed by atoms with Gasteiger partial charge in [-0.25, -0.2) is 14.8 Å². The average Bonchev–Trinajstić information content (AvgIpc) is 2.44. The minimum atomic E-state index is -0.346. The summed E-state index contributed by atoms with van der Waals surface area (Å²) >= 11 is 0. The maximum atomic E-state index is 12.5. The Morgan fingerprint density at radius 1 is 1.40 bits per heavy atom. The molecule has 3 rings (SSSR count). The third-order valence-electron chi connectivity index (χ3n) is 4.06. The van der Waals surface area contributed by atoms with Crippen molar-refractivity contribution in [1.29, 1.82) is 0 Å². The Morgan fingerprint density at radius 3 is 2.75 bits per heavy atom.